The number of hydrogen-bond acceptors (Lipinski definition) is 5. The van der Waals surface area contributed by atoms with Crippen LogP contribution in [0.25, 0.3) is 0 Å². The summed E-state index contributed by atoms with van der Waals surface area (Å²) in [4.78, 5) is 47.1. The van der Waals surface area contributed by atoms with E-state index in [4.69, 9.17) is 9.84 Å². The molecule has 3 aliphatic heterocycles. The van der Waals surface area contributed by atoms with E-state index in [1.165, 1.54) is 0 Å². The Balaban J connectivity index is 1.96. The first-order valence-corrected chi connectivity index (χ1v) is 13.7. The summed E-state index contributed by atoms with van der Waals surface area (Å²) in [5.74, 6) is -1.53. The molecule has 1 spiro atoms. The number of hydrogen-bond donors (Lipinski definition) is 1. The zero-order chi connectivity index (χ0) is 26.5. The zero-order valence-corrected chi connectivity index (χ0v) is 22.4. The molecule has 3 saturated heterocycles. The number of amides is 3. The highest BCUT2D eigenvalue weighted by molar-refractivity contribution is 5.99. The number of likely N-dealkylation sites (tertiary alicyclic amines) is 1. The average Bonchev–Trinajstić information content (AvgIpc) is 3.49. The topological polar surface area (TPSA) is 90.4 Å². The summed E-state index contributed by atoms with van der Waals surface area (Å²) >= 11 is 0. The minimum atomic E-state index is -0.968. The van der Waals surface area contributed by atoms with Gasteiger partial charge in [-0.05, 0) is 46.0 Å². The molecular formula is C28H45N3O5. The van der Waals surface area contributed by atoms with E-state index in [0.29, 0.717) is 39.0 Å². The van der Waals surface area contributed by atoms with Gasteiger partial charge < -0.3 is 24.5 Å². The first kappa shape index (κ1) is 28.4. The second-order valence-corrected chi connectivity index (χ2v) is 10.7. The summed E-state index contributed by atoms with van der Waals surface area (Å²) in [5, 5.41) is 9.10. The van der Waals surface area contributed by atoms with Crippen LogP contribution in [-0.4, -0.2) is 94.1 Å². The van der Waals surface area contributed by atoms with Crippen molar-refractivity contribution in [2.24, 2.45) is 11.8 Å². The zero-order valence-electron chi connectivity index (χ0n) is 22.4. The Labute approximate surface area is 216 Å². The highest BCUT2D eigenvalue weighted by Gasteiger charge is 2.74. The highest BCUT2D eigenvalue weighted by Crippen LogP contribution is 2.59. The molecule has 0 aliphatic carbocycles. The maximum atomic E-state index is 14.1. The first-order chi connectivity index (χ1) is 17.3. The van der Waals surface area contributed by atoms with Crippen LogP contribution in [0.5, 0.6) is 0 Å². The fourth-order valence-corrected chi connectivity index (χ4v) is 6.48. The molecule has 0 aromatic carbocycles. The summed E-state index contributed by atoms with van der Waals surface area (Å²) in [7, 11) is 0. The molecule has 0 saturated carbocycles. The third-order valence-corrected chi connectivity index (χ3v) is 8.01. The van der Waals surface area contributed by atoms with Crippen LogP contribution in [0.1, 0.15) is 65.7 Å². The number of nitrogens with zero attached hydrogens (tertiary/aromatic N) is 3. The van der Waals surface area contributed by atoms with Crippen molar-refractivity contribution in [1.29, 1.82) is 0 Å². The number of aliphatic hydroxyl groups excluding tert-OH is 1. The molecule has 0 aromatic heterocycles. The lowest BCUT2D eigenvalue weighted by Crippen LogP contribution is -2.57. The van der Waals surface area contributed by atoms with E-state index in [9.17, 15) is 14.4 Å². The molecule has 202 valence electrons. The van der Waals surface area contributed by atoms with Gasteiger partial charge in [-0.1, -0.05) is 31.9 Å². The van der Waals surface area contributed by atoms with Crippen molar-refractivity contribution < 1.29 is 24.2 Å². The molecule has 3 fully saturated rings. The Hall–Kier alpha value is -2.19. The number of carbonyl (C=O) groups excluding carboxylic acids is 3. The molecule has 36 heavy (non-hydrogen) atoms. The summed E-state index contributed by atoms with van der Waals surface area (Å²) in [6.07, 6.45) is 8.36. The predicted molar refractivity (Wildman–Crippen MR) is 139 cm³/mol. The molecule has 3 aliphatic rings. The summed E-state index contributed by atoms with van der Waals surface area (Å²) < 4.78 is 6.57. The molecular weight excluding hydrogens is 458 g/mol. The Morgan fingerprint density at radius 3 is 2.47 bits per heavy atom. The molecule has 0 radical (unpaired) electrons. The van der Waals surface area contributed by atoms with E-state index < -0.39 is 23.5 Å². The molecule has 3 heterocycles. The Kier molecular flexibility index (Phi) is 9.75. The smallest absolute Gasteiger partial charge is 0.248 e. The van der Waals surface area contributed by atoms with Gasteiger partial charge in [-0.2, -0.15) is 0 Å². The van der Waals surface area contributed by atoms with Gasteiger partial charge in [0.2, 0.25) is 17.7 Å². The maximum absolute atomic E-state index is 14.1. The summed E-state index contributed by atoms with van der Waals surface area (Å²) in [6.45, 7) is 15.6. The van der Waals surface area contributed by atoms with Gasteiger partial charge in [-0.25, -0.2) is 0 Å². The highest BCUT2D eigenvalue weighted by atomic mass is 16.5. The van der Waals surface area contributed by atoms with E-state index in [-0.39, 0.29) is 36.5 Å². The molecule has 8 nitrogen and oxygen atoms in total. The number of carbonyl (C=O) groups is 3. The third-order valence-electron chi connectivity index (χ3n) is 8.01. The fraction of sp³-hybridized carbons (Fsp3) is 0.750. The minimum absolute atomic E-state index is 0.0591. The van der Waals surface area contributed by atoms with Crippen molar-refractivity contribution >= 4 is 17.7 Å². The molecule has 8 heteroatoms. The van der Waals surface area contributed by atoms with E-state index in [2.05, 4.69) is 13.2 Å². The van der Waals surface area contributed by atoms with Gasteiger partial charge in [-0.3, -0.25) is 14.4 Å². The monoisotopic (exact) mass is 503 g/mol. The average molecular weight is 504 g/mol. The number of unbranched alkanes of at least 4 members (excludes halogenated alkanes) is 3. The normalized spacial score (nSPS) is 28.5. The third kappa shape index (κ3) is 5.12. The summed E-state index contributed by atoms with van der Waals surface area (Å²) in [5.41, 5.74) is -0.968. The van der Waals surface area contributed by atoms with Crippen LogP contribution in [0.3, 0.4) is 0 Å². The Morgan fingerprint density at radius 2 is 1.86 bits per heavy atom. The van der Waals surface area contributed by atoms with Gasteiger partial charge >= 0.3 is 0 Å². The van der Waals surface area contributed by atoms with Crippen LogP contribution in [0, 0.1) is 11.8 Å². The summed E-state index contributed by atoms with van der Waals surface area (Å²) in [6, 6.07) is -0.798. The number of ether oxygens (including phenoxy) is 1. The lowest BCUT2D eigenvalue weighted by atomic mass is 9.70. The van der Waals surface area contributed by atoms with Gasteiger partial charge in [0.15, 0.2) is 0 Å². The molecule has 1 N–H and O–H groups in total. The van der Waals surface area contributed by atoms with Crippen LogP contribution in [0.4, 0.5) is 0 Å². The van der Waals surface area contributed by atoms with Crippen LogP contribution in [0.15, 0.2) is 25.3 Å². The van der Waals surface area contributed by atoms with Crippen LogP contribution in [0.2, 0.25) is 0 Å². The quantitative estimate of drug-likeness (QED) is 0.274. The second-order valence-electron chi connectivity index (χ2n) is 10.7. The van der Waals surface area contributed by atoms with E-state index in [1.54, 1.807) is 26.9 Å². The largest absolute Gasteiger partial charge is 0.396 e. The molecule has 2 bridgehead atoms. The first-order valence-electron chi connectivity index (χ1n) is 13.7. The van der Waals surface area contributed by atoms with Crippen molar-refractivity contribution in [1.82, 2.24) is 14.7 Å². The van der Waals surface area contributed by atoms with Gasteiger partial charge in [0.05, 0.1) is 17.9 Å². The lowest BCUT2D eigenvalue weighted by Gasteiger charge is -2.38. The number of rotatable bonds is 15. The van der Waals surface area contributed by atoms with Crippen LogP contribution in [-0.2, 0) is 19.1 Å². The minimum Gasteiger partial charge on any atom is -0.396 e. The van der Waals surface area contributed by atoms with E-state index in [0.717, 1.165) is 32.1 Å². The lowest BCUT2D eigenvalue weighted by molar-refractivity contribution is -0.149. The predicted octanol–water partition coefficient (Wildman–Crippen LogP) is 2.76. The van der Waals surface area contributed by atoms with Gasteiger partial charge in [-0.15, -0.1) is 13.2 Å². The number of aliphatic hydroxyl groups is 1. The number of fused-ring (bicyclic) bond motifs is 1. The Bertz CT molecular complexity index is 830. The van der Waals surface area contributed by atoms with Crippen molar-refractivity contribution in [2.75, 3.05) is 32.8 Å². The standard InChI is InChI=1S/C28H45N3O5/c1-6-15-29(16-7-2)25(33)22-21-13-14-28(36-21)23(22)26(34)31(18-11-9-10-12-19-32)24(28)27(35)30(17-8-3)20(4)5/h6,8,20-24,32H,1,3,7,9-19H2,2,4-5H3/t21-,22+,23+,24?,28?/m1/s1. The van der Waals surface area contributed by atoms with Crippen molar-refractivity contribution in [3.63, 3.8) is 0 Å². The molecule has 3 amide bonds. The van der Waals surface area contributed by atoms with E-state index >= 15 is 0 Å². The maximum Gasteiger partial charge on any atom is 0.248 e. The van der Waals surface area contributed by atoms with Gasteiger partial charge in [0.25, 0.3) is 0 Å². The van der Waals surface area contributed by atoms with Crippen LogP contribution >= 0.6 is 0 Å². The Morgan fingerprint density at radius 1 is 1.17 bits per heavy atom. The van der Waals surface area contributed by atoms with Crippen LogP contribution < -0.4 is 0 Å². The second kappa shape index (κ2) is 12.4. The molecule has 3 rings (SSSR count). The van der Waals surface area contributed by atoms with Crippen molar-refractivity contribution in [2.45, 2.75) is 89.5 Å². The van der Waals surface area contributed by atoms with Crippen molar-refractivity contribution in [3.8, 4) is 0 Å². The SMILES string of the molecule is C=CCN(CCC)C(=O)[C@@H]1[C@H]2C(=O)N(CCCCCCO)C(C(=O)N(CC=C)C(C)C)C23CC[C@H]1O3. The fourth-order valence-electron chi connectivity index (χ4n) is 6.48. The van der Waals surface area contributed by atoms with Gasteiger partial charge in [0.1, 0.15) is 11.6 Å². The van der Waals surface area contributed by atoms with E-state index in [1.807, 2.05) is 20.8 Å². The molecule has 0 aromatic rings. The van der Waals surface area contributed by atoms with Gasteiger partial charge in [0, 0.05) is 38.8 Å². The van der Waals surface area contributed by atoms with Crippen molar-refractivity contribution in [3.05, 3.63) is 25.3 Å². The molecule has 2 unspecified atom stereocenters. The molecule has 5 atom stereocenters.